The third kappa shape index (κ3) is 2.52. The molecule has 0 bridgehead atoms. The number of anilines is 2. The number of nitrogens with two attached hydrogens (primary N) is 1. The fraction of sp³-hybridized carbons (Fsp3) is 0.250. The van der Waals surface area contributed by atoms with E-state index in [1.807, 2.05) is 32.0 Å². The number of nitrogens with zero attached hydrogens (tertiary/aromatic N) is 1. The molecule has 3 N–H and O–H groups in total. The number of thiazole rings is 1. The molecule has 0 aliphatic rings. The van der Waals surface area contributed by atoms with Gasteiger partial charge in [0.2, 0.25) is 0 Å². The van der Waals surface area contributed by atoms with Gasteiger partial charge in [0.05, 0.1) is 17.9 Å². The van der Waals surface area contributed by atoms with Crippen molar-refractivity contribution in [3.05, 3.63) is 39.8 Å². The van der Waals surface area contributed by atoms with Crippen molar-refractivity contribution in [2.24, 2.45) is 0 Å². The minimum Gasteiger partial charge on any atom is -0.397 e. The molecule has 4 heteroatoms. The predicted octanol–water partition coefficient (Wildman–Crippen LogP) is 2.95. The summed E-state index contributed by atoms with van der Waals surface area (Å²) in [6.07, 6.45) is 0. The zero-order chi connectivity index (χ0) is 11.5. The summed E-state index contributed by atoms with van der Waals surface area (Å²) < 4.78 is 0. The van der Waals surface area contributed by atoms with Gasteiger partial charge in [-0.15, -0.1) is 11.3 Å². The molecule has 84 valence electrons. The molecule has 1 aromatic heterocycles. The molecule has 1 heterocycles. The predicted molar refractivity (Wildman–Crippen MR) is 69.8 cm³/mol. The average molecular weight is 233 g/mol. The first-order valence-electron chi connectivity index (χ1n) is 5.16. The monoisotopic (exact) mass is 233 g/mol. The average Bonchev–Trinajstić information content (AvgIpc) is 2.63. The highest BCUT2D eigenvalue weighted by atomic mass is 32.1. The first-order valence-corrected chi connectivity index (χ1v) is 6.04. The van der Waals surface area contributed by atoms with Crippen LogP contribution in [0.5, 0.6) is 0 Å². The van der Waals surface area contributed by atoms with Crippen molar-refractivity contribution in [2.45, 2.75) is 20.4 Å². The lowest BCUT2D eigenvalue weighted by molar-refractivity contribution is 1.08. The molecular weight excluding hydrogens is 218 g/mol. The molecular formula is C12H15N3S. The van der Waals surface area contributed by atoms with Gasteiger partial charge in [0.25, 0.3) is 0 Å². The lowest BCUT2D eigenvalue weighted by Gasteiger charge is -2.08. The lowest BCUT2D eigenvalue weighted by Crippen LogP contribution is -2.02. The van der Waals surface area contributed by atoms with Gasteiger partial charge >= 0.3 is 0 Å². The lowest BCUT2D eigenvalue weighted by atomic mass is 10.2. The van der Waals surface area contributed by atoms with E-state index in [0.717, 1.165) is 28.6 Å². The van der Waals surface area contributed by atoms with Crippen molar-refractivity contribution < 1.29 is 0 Å². The molecule has 0 fully saturated rings. The molecule has 0 saturated heterocycles. The summed E-state index contributed by atoms with van der Waals surface area (Å²) >= 11 is 1.66. The summed E-state index contributed by atoms with van der Waals surface area (Å²) in [6.45, 7) is 4.76. The minimum atomic E-state index is 0.728. The molecule has 0 unspecified atom stereocenters. The quantitative estimate of drug-likeness (QED) is 0.801. The topological polar surface area (TPSA) is 50.9 Å². The number of hydrogen-bond donors (Lipinski definition) is 2. The van der Waals surface area contributed by atoms with E-state index < -0.39 is 0 Å². The summed E-state index contributed by atoms with van der Waals surface area (Å²) in [4.78, 5) is 4.39. The molecule has 2 rings (SSSR count). The van der Waals surface area contributed by atoms with Crippen LogP contribution in [-0.4, -0.2) is 4.98 Å². The molecule has 3 nitrogen and oxygen atoms in total. The zero-order valence-electron chi connectivity index (χ0n) is 9.45. The van der Waals surface area contributed by atoms with Gasteiger partial charge in [0.15, 0.2) is 0 Å². The van der Waals surface area contributed by atoms with Crippen LogP contribution in [0.25, 0.3) is 0 Å². The first kappa shape index (κ1) is 11.0. The van der Waals surface area contributed by atoms with Gasteiger partial charge in [0.1, 0.15) is 5.01 Å². The van der Waals surface area contributed by atoms with Crippen molar-refractivity contribution in [3.63, 3.8) is 0 Å². The normalized spacial score (nSPS) is 10.4. The number of rotatable bonds is 3. The van der Waals surface area contributed by atoms with E-state index in [-0.39, 0.29) is 0 Å². The molecule has 0 radical (unpaired) electrons. The van der Waals surface area contributed by atoms with Crippen molar-refractivity contribution >= 4 is 22.7 Å². The fourth-order valence-corrected chi connectivity index (χ4v) is 2.21. The van der Waals surface area contributed by atoms with Gasteiger partial charge in [-0.3, -0.25) is 0 Å². The Morgan fingerprint density at radius 1 is 1.38 bits per heavy atom. The zero-order valence-corrected chi connectivity index (χ0v) is 10.3. The highest BCUT2D eigenvalue weighted by molar-refractivity contribution is 7.09. The molecule has 0 spiro atoms. The Kier molecular flexibility index (Phi) is 3.10. The van der Waals surface area contributed by atoms with E-state index >= 15 is 0 Å². The number of benzene rings is 1. The van der Waals surface area contributed by atoms with Crippen LogP contribution in [0.2, 0.25) is 0 Å². The Morgan fingerprint density at radius 3 is 2.81 bits per heavy atom. The SMILES string of the molecule is Cc1ccc(NCc2nc(C)cs2)c(N)c1. The van der Waals surface area contributed by atoms with Crippen LogP contribution in [0.1, 0.15) is 16.3 Å². The van der Waals surface area contributed by atoms with E-state index in [2.05, 4.69) is 15.7 Å². The first-order chi connectivity index (χ1) is 7.65. The third-order valence-corrected chi connectivity index (χ3v) is 3.27. The second kappa shape index (κ2) is 4.53. The summed E-state index contributed by atoms with van der Waals surface area (Å²) in [5.41, 5.74) is 9.91. The van der Waals surface area contributed by atoms with E-state index in [0.29, 0.717) is 0 Å². The van der Waals surface area contributed by atoms with Crippen molar-refractivity contribution in [3.8, 4) is 0 Å². The molecule has 1 aromatic carbocycles. The number of nitrogen functional groups attached to an aromatic ring is 1. The molecule has 16 heavy (non-hydrogen) atoms. The summed E-state index contributed by atoms with van der Waals surface area (Å²) in [5.74, 6) is 0. The third-order valence-electron chi connectivity index (χ3n) is 2.30. The second-order valence-electron chi connectivity index (χ2n) is 3.83. The second-order valence-corrected chi connectivity index (χ2v) is 4.77. The largest absolute Gasteiger partial charge is 0.397 e. The number of nitrogens with one attached hydrogen (secondary N) is 1. The maximum Gasteiger partial charge on any atom is 0.112 e. The van der Waals surface area contributed by atoms with E-state index in [1.54, 1.807) is 11.3 Å². The molecule has 0 aliphatic heterocycles. The van der Waals surface area contributed by atoms with Crippen LogP contribution < -0.4 is 11.1 Å². The highest BCUT2D eigenvalue weighted by Crippen LogP contribution is 2.20. The smallest absolute Gasteiger partial charge is 0.112 e. The molecule has 0 aliphatic carbocycles. The number of aryl methyl sites for hydroxylation is 2. The van der Waals surface area contributed by atoms with Gasteiger partial charge in [-0.05, 0) is 31.5 Å². The Morgan fingerprint density at radius 2 is 2.19 bits per heavy atom. The van der Waals surface area contributed by atoms with Gasteiger partial charge in [0, 0.05) is 11.1 Å². The summed E-state index contributed by atoms with van der Waals surface area (Å²) in [7, 11) is 0. The standard InChI is InChI=1S/C12H15N3S/c1-8-3-4-11(10(13)5-8)14-6-12-15-9(2)7-16-12/h3-5,7,14H,6,13H2,1-2H3. The maximum atomic E-state index is 5.91. The number of hydrogen-bond acceptors (Lipinski definition) is 4. The summed E-state index contributed by atoms with van der Waals surface area (Å²) in [5, 5.41) is 6.42. The van der Waals surface area contributed by atoms with Crippen molar-refractivity contribution in [1.29, 1.82) is 0 Å². The van der Waals surface area contributed by atoms with Crippen molar-refractivity contribution in [2.75, 3.05) is 11.1 Å². The highest BCUT2D eigenvalue weighted by Gasteiger charge is 2.01. The van der Waals surface area contributed by atoms with Crippen LogP contribution in [0.15, 0.2) is 23.6 Å². The van der Waals surface area contributed by atoms with Gasteiger partial charge < -0.3 is 11.1 Å². The van der Waals surface area contributed by atoms with Crippen LogP contribution in [0.3, 0.4) is 0 Å². The Labute approximate surface area is 99.3 Å². The maximum absolute atomic E-state index is 5.91. The van der Waals surface area contributed by atoms with Gasteiger partial charge in [-0.2, -0.15) is 0 Å². The van der Waals surface area contributed by atoms with E-state index in [9.17, 15) is 0 Å². The molecule has 2 aromatic rings. The number of aromatic nitrogens is 1. The van der Waals surface area contributed by atoms with Gasteiger partial charge in [-0.1, -0.05) is 6.07 Å². The van der Waals surface area contributed by atoms with Crippen molar-refractivity contribution in [1.82, 2.24) is 4.98 Å². The summed E-state index contributed by atoms with van der Waals surface area (Å²) in [6, 6.07) is 6.02. The van der Waals surface area contributed by atoms with E-state index in [4.69, 9.17) is 5.73 Å². The van der Waals surface area contributed by atoms with Crippen LogP contribution in [0.4, 0.5) is 11.4 Å². The Balaban J connectivity index is 2.04. The molecule has 0 amide bonds. The Hall–Kier alpha value is -1.55. The van der Waals surface area contributed by atoms with Crippen LogP contribution >= 0.6 is 11.3 Å². The molecule has 0 saturated carbocycles. The Bertz CT molecular complexity index is 491. The van der Waals surface area contributed by atoms with Crippen LogP contribution in [0, 0.1) is 13.8 Å². The minimum absolute atomic E-state index is 0.728. The van der Waals surface area contributed by atoms with Gasteiger partial charge in [-0.25, -0.2) is 4.98 Å². The molecule has 0 atom stereocenters. The fourth-order valence-electron chi connectivity index (χ4n) is 1.50. The van der Waals surface area contributed by atoms with E-state index in [1.165, 1.54) is 5.56 Å². The van der Waals surface area contributed by atoms with Crippen LogP contribution in [-0.2, 0) is 6.54 Å².